The highest BCUT2D eigenvalue weighted by Gasteiger charge is 2.67. The van der Waals surface area contributed by atoms with Crippen molar-refractivity contribution in [2.45, 2.75) is 32.2 Å². The monoisotopic (exact) mass is 366 g/mol. The van der Waals surface area contributed by atoms with E-state index in [0.717, 1.165) is 0 Å². The van der Waals surface area contributed by atoms with Gasteiger partial charge in [0.2, 0.25) is 11.7 Å². The van der Waals surface area contributed by atoms with Gasteiger partial charge >= 0.3 is 0 Å². The van der Waals surface area contributed by atoms with Crippen LogP contribution in [0, 0.1) is 11.2 Å². The summed E-state index contributed by atoms with van der Waals surface area (Å²) in [6.07, 6.45) is 5.27. The van der Waals surface area contributed by atoms with Crippen LogP contribution < -0.4 is 5.32 Å². The number of hydrogen-bond acceptors (Lipinski definition) is 5. The van der Waals surface area contributed by atoms with Crippen LogP contribution in [0.1, 0.15) is 31.7 Å². The SMILES string of the molecule is CC1(C)C[C@@]1(C(=O)NCc1nc(-c2cnccn2)n[nH]1)c1ccccc1F. The van der Waals surface area contributed by atoms with Crippen LogP contribution in [-0.4, -0.2) is 31.1 Å². The Morgan fingerprint density at radius 3 is 2.74 bits per heavy atom. The number of benzene rings is 1. The highest BCUT2D eigenvalue weighted by atomic mass is 19.1. The summed E-state index contributed by atoms with van der Waals surface area (Å²) in [5.74, 6) is 0.326. The number of aromatic amines is 1. The molecule has 0 radical (unpaired) electrons. The molecule has 7 nitrogen and oxygen atoms in total. The Hall–Kier alpha value is -3.16. The second-order valence-electron chi connectivity index (χ2n) is 7.32. The molecule has 4 rings (SSSR count). The fraction of sp³-hybridized carbons (Fsp3) is 0.316. The van der Waals surface area contributed by atoms with Crippen LogP contribution in [0.15, 0.2) is 42.9 Å². The van der Waals surface area contributed by atoms with E-state index in [4.69, 9.17) is 0 Å². The lowest BCUT2D eigenvalue weighted by molar-refractivity contribution is -0.124. The minimum atomic E-state index is -0.869. The molecule has 1 fully saturated rings. The van der Waals surface area contributed by atoms with Crippen molar-refractivity contribution in [2.24, 2.45) is 5.41 Å². The van der Waals surface area contributed by atoms with Crippen LogP contribution in [-0.2, 0) is 16.8 Å². The van der Waals surface area contributed by atoms with Gasteiger partial charge in [-0.3, -0.25) is 14.9 Å². The Morgan fingerprint density at radius 2 is 2.07 bits per heavy atom. The van der Waals surface area contributed by atoms with Crippen LogP contribution in [0.25, 0.3) is 11.5 Å². The van der Waals surface area contributed by atoms with E-state index in [0.29, 0.717) is 29.3 Å². The van der Waals surface area contributed by atoms with Crippen molar-refractivity contribution < 1.29 is 9.18 Å². The van der Waals surface area contributed by atoms with E-state index in [2.05, 4.69) is 30.5 Å². The molecular formula is C19H19FN6O. The number of halogens is 1. The first-order chi connectivity index (χ1) is 12.9. The van der Waals surface area contributed by atoms with Crippen molar-refractivity contribution in [2.75, 3.05) is 0 Å². The molecule has 0 spiro atoms. The second-order valence-corrected chi connectivity index (χ2v) is 7.32. The summed E-state index contributed by atoms with van der Waals surface area (Å²) in [5, 5.41) is 9.75. The lowest BCUT2D eigenvalue weighted by atomic mass is 9.86. The fourth-order valence-corrected chi connectivity index (χ4v) is 3.61. The van der Waals surface area contributed by atoms with Gasteiger partial charge < -0.3 is 5.32 Å². The smallest absolute Gasteiger partial charge is 0.231 e. The number of nitrogens with one attached hydrogen (secondary N) is 2. The van der Waals surface area contributed by atoms with Gasteiger partial charge in [0.15, 0.2) is 0 Å². The van der Waals surface area contributed by atoms with Crippen molar-refractivity contribution in [3.05, 3.63) is 60.1 Å². The molecule has 2 N–H and O–H groups in total. The zero-order chi connectivity index (χ0) is 19.1. The van der Waals surface area contributed by atoms with Crippen molar-refractivity contribution >= 4 is 5.91 Å². The molecule has 0 unspecified atom stereocenters. The molecule has 1 saturated carbocycles. The average molecular weight is 366 g/mol. The third-order valence-corrected chi connectivity index (χ3v) is 5.20. The molecule has 1 aliphatic rings. The third kappa shape index (κ3) is 2.87. The van der Waals surface area contributed by atoms with Crippen LogP contribution in [0.5, 0.6) is 0 Å². The lowest BCUT2D eigenvalue weighted by Crippen LogP contribution is -2.38. The number of rotatable bonds is 5. The number of amides is 1. The number of hydrogen-bond donors (Lipinski definition) is 2. The maximum atomic E-state index is 14.4. The van der Waals surface area contributed by atoms with E-state index in [1.54, 1.807) is 36.8 Å². The standard InChI is InChI=1S/C19H19FN6O/c1-18(2)11-19(18,12-5-3-4-6-13(12)20)17(27)23-10-15-24-16(26-25-15)14-9-21-7-8-22-14/h3-9H,10-11H2,1-2H3,(H,23,27)(H,24,25,26)/t19-/m0/s1. The fourth-order valence-electron chi connectivity index (χ4n) is 3.61. The van der Waals surface area contributed by atoms with E-state index < -0.39 is 5.41 Å². The van der Waals surface area contributed by atoms with Gasteiger partial charge in [0.05, 0.1) is 18.2 Å². The summed E-state index contributed by atoms with van der Waals surface area (Å²) in [6, 6.07) is 6.46. The largest absolute Gasteiger partial charge is 0.348 e. The molecule has 138 valence electrons. The van der Waals surface area contributed by atoms with Gasteiger partial charge in [0.1, 0.15) is 17.3 Å². The first-order valence-corrected chi connectivity index (χ1v) is 8.65. The number of carbonyl (C=O) groups is 1. The van der Waals surface area contributed by atoms with Gasteiger partial charge in [-0.15, -0.1) is 0 Å². The topological polar surface area (TPSA) is 96.5 Å². The molecule has 27 heavy (non-hydrogen) atoms. The normalized spacial score (nSPS) is 20.3. The summed E-state index contributed by atoms with van der Waals surface area (Å²) in [4.78, 5) is 25.4. The maximum Gasteiger partial charge on any atom is 0.231 e. The Bertz CT molecular complexity index is 987. The molecule has 1 atom stereocenters. The zero-order valence-corrected chi connectivity index (χ0v) is 15.0. The van der Waals surface area contributed by atoms with Crippen LogP contribution >= 0.6 is 0 Å². The van der Waals surface area contributed by atoms with Gasteiger partial charge in [0, 0.05) is 18.0 Å². The molecule has 1 aromatic carbocycles. The third-order valence-electron chi connectivity index (χ3n) is 5.20. The average Bonchev–Trinajstić information content (AvgIpc) is 3.03. The summed E-state index contributed by atoms with van der Waals surface area (Å²) < 4.78 is 14.4. The van der Waals surface area contributed by atoms with E-state index in [1.165, 1.54) is 6.07 Å². The van der Waals surface area contributed by atoms with Gasteiger partial charge in [-0.05, 0) is 17.9 Å². The van der Waals surface area contributed by atoms with E-state index >= 15 is 0 Å². The Morgan fingerprint density at radius 1 is 1.30 bits per heavy atom. The molecule has 8 heteroatoms. The van der Waals surface area contributed by atoms with Crippen molar-refractivity contribution in [1.29, 1.82) is 0 Å². The van der Waals surface area contributed by atoms with Gasteiger partial charge in [-0.1, -0.05) is 32.0 Å². The number of carbonyl (C=O) groups excluding carboxylic acids is 1. The lowest BCUT2D eigenvalue weighted by Gasteiger charge is -2.21. The molecule has 0 saturated heterocycles. The summed E-state index contributed by atoms with van der Waals surface area (Å²) in [5.41, 5.74) is -0.208. The first kappa shape index (κ1) is 17.3. The highest BCUT2D eigenvalue weighted by Crippen LogP contribution is 2.64. The van der Waals surface area contributed by atoms with Gasteiger partial charge in [-0.25, -0.2) is 14.4 Å². The number of nitrogens with zero attached hydrogens (tertiary/aromatic N) is 4. The van der Waals surface area contributed by atoms with Crippen LogP contribution in [0.2, 0.25) is 0 Å². The molecule has 0 aliphatic heterocycles. The van der Waals surface area contributed by atoms with Crippen molar-refractivity contribution in [3.63, 3.8) is 0 Å². The second kappa shape index (κ2) is 6.22. The minimum absolute atomic E-state index is 0.165. The number of aromatic nitrogens is 5. The van der Waals surface area contributed by atoms with Crippen LogP contribution in [0.3, 0.4) is 0 Å². The predicted octanol–water partition coefficient (Wildman–Crippen LogP) is 2.38. The minimum Gasteiger partial charge on any atom is -0.348 e. The molecule has 0 bridgehead atoms. The van der Waals surface area contributed by atoms with Crippen molar-refractivity contribution in [1.82, 2.24) is 30.5 Å². The quantitative estimate of drug-likeness (QED) is 0.723. The summed E-state index contributed by atoms with van der Waals surface area (Å²) >= 11 is 0. The van der Waals surface area contributed by atoms with E-state index in [-0.39, 0.29) is 23.7 Å². The van der Waals surface area contributed by atoms with Crippen molar-refractivity contribution in [3.8, 4) is 11.5 Å². The number of H-pyrrole nitrogens is 1. The highest BCUT2D eigenvalue weighted by molar-refractivity contribution is 5.93. The Kier molecular flexibility index (Phi) is 3.98. The maximum absolute atomic E-state index is 14.4. The summed E-state index contributed by atoms with van der Waals surface area (Å²) in [6.45, 7) is 4.11. The molecule has 2 heterocycles. The van der Waals surface area contributed by atoms with E-state index in [9.17, 15) is 9.18 Å². The molecule has 3 aromatic rings. The zero-order valence-electron chi connectivity index (χ0n) is 15.0. The Balaban J connectivity index is 1.51. The van der Waals surface area contributed by atoms with Crippen LogP contribution in [0.4, 0.5) is 4.39 Å². The summed E-state index contributed by atoms with van der Waals surface area (Å²) in [7, 11) is 0. The van der Waals surface area contributed by atoms with Gasteiger partial charge in [0.25, 0.3) is 0 Å². The molecular weight excluding hydrogens is 347 g/mol. The molecule has 1 aliphatic carbocycles. The molecule has 2 aromatic heterocycles. The predicted molar refractivity (Wildman–Crippen MR) is 95.7 cm³/mol. The first-order valence-electron chi connectivity index (χ1n) is 8.65. The Labute approximate surface area is 155 Å². The van der Waals surface area contributed by atoms with Gasteiger partial charge in [-0.2, -0.15) is 5.10 Å². The van der Waals surface area contributed by atoms with E-state index in [1.807, 2.05) is 13.8 Å². The molecule has 1 amide bonds.